The summed E-state index contributed by atoms with van der Waals surface area (Å²) in [6, 6.07) is 8.85. The molecule has 0 atom stereocenters. The van der Waals surface area contributed by atoms with Gasteiger partial charge in [-0.2, -0.15) is 0 Å². The number of halogens is 2. The lowest BCUT2D eigenvalue weighted by atomic mass is 10.2. The molecule has 0 aliphatic heterocycles. The van der Waals surface area contributed by atoms with Gasteiger partial charge in [0.15, 0.2) is 0 Å². The number of aromatic nitrogens is 2. The summed E-state index contributed by atoms with van der Waals surface area (Å²) in [4.78, 5) is 38.7. The summed E-state index contributed by atoms with van der Waals surface area (Å²) in [6.45, 7) is 0. The van der Waals surface area contributed by atoms with E-state index >= 15 is 0 Å². The molecule has 1 aromatic heterocycles. The van der Waals surface area contributed by atoms with Crippen LogP contribution in [0.4, 0.5) is 10.1 Å². The van der Waals surface area contributed by atoms with Gasteiger partial charge >= 0.3 is 0 Å². The topological polar surface area (TPSA) is 119 Å². The first kappa shape index (κ1) is 19.0. The molecular weight excluding hydrogens is 393 g/mol. The van der Waals surface area contributed by atoms with E-state index in [0.717, 1.165) is 6.07 Å². The van der Waals surface area contributed by atoms with Gasteiger partial charge in [-0.3, -0.25) is 35.1 Å². The number of nitro benzene ring substituents is 1. The highest BCUT2D eigenvalue weighted by Crippen LogP contribution is 2.23. The molecule has 9 nitrogen and oxygen atoms in total. The van der Waals surface area contributed by atoms with Gasteiger partial charge in [-0.15, -0.1) is 0 Å². The normalized spacial score (nSPS) is 10.4. The van der Waals surface area contributed by atoms with Crippen LogP contribution in [-0.4, -0.2) is 26.3 Å². The number of amides is 2. The van der Waals surface area contributed by atoms with Crippen LogP contribution in [0.2, 0.25) is 5.02 Å². The standard InChI is InChI=1S/C17H11ClFN5O4/c18-10-1-6-13(14(7-10)24(27)28)16(25)21-22-17(26)15-8-20-9-23(15)12-4-2-11(19)3-5-12/h1-9H,(H,21,25)(H,22,26). The van der Waals surface area contributed by atoms with Crippen LogP contribution in [-0.2, 0) is 0 Å². The van der Waals surface area contributed by atoms with Crippen molar-refractivity contribution in [2.45, 2.75) is 0 Å². The predicted molar refractivity (Wildman–Crippen MR) is 96.6 cm³/mol. The van der Waals surface area contributed by atoms with Gasteiger partial charge in [0.25, 0.3) is 17.5 Å². The molecule has 0 spiro atoms. The number of benzene rings is 2. The number of hydrazine groups is 1. The summed E-state index contributed by atoms with van der Waals surface area (Å²) < 4.78 is 14.4. The Morgan fingerprint density at radius 1 is 1.11 bits per heavy atom. The smallest absolute Gasteiger partial charge is 0.288 e. The van der Waals surface area contributed by atoms with Crippen LogP contribution in [0.25, 0.3) is 5.69 Å². The maximum atomic E-state index is 13.1. The molecule has 2 N–H and O–H groups in total. The van der Waals surface area contributed by atoms with E-state index in [0.29, 0.717) is 5.69 Å². The quantitative estimate of drug-likeness (QED) is 0.512. The molecule has 0 saturated carbocycles. The number of hydrogen-bond acceptors (Lipinski definition) is 5. The Morgan fingerprint density at radius 3 is 2.46 bits per heavy atom. The molecule has 3 rings (SSSR count). The lowest BCUT2D eigenvalue weighted by molar-refractivity contribution is -0.385. The maximum Gasteiger partial charge on any atom is 0.288 e. The Balaban J connectivity index is 1.75. The molecule has 0 bridgehead atoms. The fourth-order valence-electron chi connectivity index (χ4n) is 2.36. The zero-order chi connectivity index (χ0) is 20.3. The first-order chi connectivity index (χ1) is 13.4. The highest BCUT2D eigenvalue weighted by Gasteiger charge is 2.21. The van der Waals surface area contributed by atoms with Gasteiger partial charge in [0.1, 0.15) is 17.1 Å². The molecular formula is C17H11ClFN5O4. The van der Waals surface area contributed by atoms with Crippen molar-refractivity contribution in [3.05, 3.63) is 87.2 Å². The lowest BCUT2D eigenvalue weighted by Crippen LogP contribution is -2.42. The SMILES string of the molecule is O=C(NNC(=O)c1cncn1-c1ccc(F)cc1)c1ccc(Cl)cc1[N+](=O)[O-]. The lowest BCUT2D eigenvalue weighted by Gasteiger charge is -2.10. The second kappa shape index (κ2) is 7.84. The Morgan fingerprint density at radius 2 is 1.79 bits per heavy atom. The summed E-state index contributed by atoms with van der Waals surface area (Å²) in [6.07, 6.45) is 2.59. The molecule has 11 heteroatoms. The van der Waals surface area contributed by atoms with Gasteiger partial charge in [-0.05, 0) is 36.4 Å². The van der Waals surface area contributed by atoms with E-state index in [1.807, 2.05) is 0 Å². The van der Waals surface area contributed by atoms with Gasteiger partial charge in [-0.25, -0.2) is 9.37 Å². The molecule has 0 radical (unpaired) electrons. The Bertz CT molecular complexity index is 1070. The summed E-state index contributed by atoms with van der Waals surface area (Å²) in [7, 11) is 0. The summed E-state index contributed by atoms with van der Waals surface area (Å²) in [5.74, 6) is -2.07. The van der Waals surface area contributed by atoms with Crippen LogP contribution in [0, 0.1) is 15.9 Å². The fourth-order valence-corrected chi connectivity index (χ4v) is 2.53. The maximum absolute atomic E-state index is 13.1. The number of nitro groups is 1. The third-order valence-corrected chi connectivity index (χ3v) is 3.90. The molecule has 28 heavy (non-hydrogen) atoms. The first-order valence-electron chi connectivity index (χ1n) is 7.69. The van der Waals surface area contributed by atoms with E-state index in [2.05, 4.69) is 15.8 Å². The van der Waals surface area contributed by atoms with Gasteiger partial charge in [-0.1, -0.05) is 11.6 Å². The fraction of sp³-hybridized carbons (Fsp3) is 0. The number of carbonyl (C=O) groups excluding carboxylic acids is 2. The van der Waals surface area contributed by atoms with Crippen molar-refractivity contribution < 1.29 is 18.9 Å². The van der Waals surface area contributed by atoms with Crippen molar-refractivity contribution >= 4 is 29.1 Å². The van der Waals surface area contributed by atoms with Crippen molar-refractivity contribution in [2.75, 3.05) is 0 Å². The molecule has 1 heterocycles. The number of carbonyl (C=O) groups is 2. The molecule has 2 amide bonds. The minimum absolute atomic E-state index is 0.0533. The van der Waals surface area contributed by atoms with Crippen molar-refractivity contribution in [3.8, 4) is 5.69 Å². The third kappa shape index (κ3) is 3.96. The second-order valence-electron chi connectivity index (χ2n) is 5.45. The second-order valence-corrected chi connectivity index (χ2v) is 5.89. The largest absolute Gasteiger partial charge is 0.295 e. The van der Waals surface area contributed by atoms with Crippen LogP contribution < -0.4 is 10.9 Å². The van der Waals surface area contributed by atoms with Crippen molar-refractivity contribution in [2.24, 2.45) is 0 Å². The van der Waals surface area contributed by atoms with E-state index < -0.39 is 28.2 Å². The van der Waals surface area contributed by atoms with Gasteiger partial charge in [0.05, 0.1) is 17.4 Å². The van der Waals surface area contributed by atoms with Gasteiger partial charge in [0, 0.05) is 16.8 Å². The highest BCUT2D eigenvalue weighted by molar-refractivity contribution is 6.31. The van der Waals surface area contributed by atoms with E-state index in [4.69, 9.17) is 11.6 Å². The van der Waals surface area contributed by atoms with Crippen molar-refractivity contribution in [1.82, 2.24) is 20.4 Å². The average molecular weight is 404 g/mol. The molecule has 2 aromatic carbocycles. The van der Waals surface area contributed by atoms with E-state index in [1.54, 1.807) is 0 Å². The van der Waals surface area contributed by atoms with Crippen LogP contribution in [0.15, 0.2) is 55.0 Å². The molecule has 0 aliphatic rings. The zero-order valence-electron chi connectivity index (χ0n) is 13.9. The Kier molecular flexibility index (Phi) is 5.32. The number of hydrogen-bond donors (Lipinski definition) is 2. The summed E-state index contributed by atoms with van der Waals surface area (Å²) in [5, 5.41) is 11.2. The average Bonchev–Trinajstić information content (AvgIpc) is 3.16. The van der Waals surface area contributed by atoms with Gasteiger partial charge < -0.3 is 0 Å². The van der Waals surface area contributed by atoms with Gasteiger partial charge in [0.2, 0.25) is 0 Å². The van der Waals surface area contributed by atoms with Crippen LogP contribution >= 0.6 is 11.6 Å². The van der Waals surface area contributed by atoms with Crippen LogP contribution in [0.1, 0.15) is 20.8 Å². The number of imidazole rings is 1. The minimum atomic E-state index is -0.899. The molecule has 3 aromatic rings. The number of nitrogens with one attached hydrogen (secondary N) is 2. The molecule has 0 aliphatic carbocycles. The Labute approximate surface area is 161 Å². The van der Waals surface area contributed by atoms with E-state index in [9.17, 15) is 24.1 Å². The van der Waals surface area contributed by atoms with Crippen molar-refractivity contribution in [3.63, 3.8) is 0 Å². The van der Waals surface area contributed by atoms with E-state index in [1.165, 1.54) is 53.5 Å². The molecule has 0 unspecified atom stereocenters. The monoisotopic (exact) mass is 403 g/mol. The molecule has 142 valence electrons. The van der Waals surface area contributed by atoms with Crippen molar-refractivity contribution in [1.29, 1.82) is 0 Å². The minimum Gasteiger partial charge on any atom is -0.295 e. The number of nitrogens with zero attached hydrogens (tertiary/aromatic N) is 3. The number of rotatable bonds is 4. The van der Waals surface area contributed by atoms with Crippen LogP contribution in [0.3, 0.4) is 0 Å². The predicted octanol–water partition coefficient (Wildman–Crippen LogP) is 2.65. The van der Waals surface area contributed by atoms with Crippen LogP contribution in [0.5, 0.6) is 0 Å². The highest BCUT2D eigenvalue weighted by atomic mass is 35.5. The zero-order valence-corrected chi connectivity index (χ0v) is 14.7. The summed E-state index contributed by atoms with van der Waals surface area (Å²) >= 11 is 5.71. The van der Waals surface area contributed by atoms with E-state index in [-0.39, 0.29) is 16.3 Å². The third-order valence-electron chi connectivity index (χ3n) is 3.67. The summed E-state index contributed by atoms with van der Waals surface area (Å²) in [5.41, 5.74) is 4.01. The Hall–Kier alpha value is -3.79. The first-order valence-corrected chi connectivity index (χ1v) is 8.07. The molecule has 0 saturated heterocycles. The molecule has 0 fully saturated rings.